The molecule has 0 aliphatic heterocycles. The monoisotopic (exact) mass is 247 g/mol. The minimum Gasteiger partial charge on any atom is -0.507 e. The van der Waals surface area contributed by atoms with Crippen molar-refractivity contribution in [2.75, 3.05) is 7.05 Å². The Kier molecular flexibility index (Phi) is 3.90. The number of aryl methyl sites for hydroxylation is 1. The molecule has 1 aliphatic carbocycles. The number of amides is 1. The lowest BCUT2D eigenvalue weighted by molar-refractivity contribution is 0.0693. The fourth-order valence-electron chi connectivity index (χ4n) is 2.65. The van der Waals surface area contributed by atoms with Crippen LogP contribution in [0.4, 0.5) is 0 Å². The van der Waals surface area contributed by atoms with Gasteiger partial charge < -0.3 is 10.0 Å². The van der Waals surface area contributed by atoms with Gasteiger partial charge in [0.05, 0.1) is 5.56 Å². The number of hydrogen-bond acceptors (Lipinski definition) is 2. The molecular weight excluding hydrogens is 226 g/mol. The third-order valence-corrected chi connectivity index (χ3v) is 3.83. The summed E-state index contributed by atoms with van der Waals surface area (Å²) in [5, 5.41) is 9.86. The summed E-state index contributed by atoms with van der Waals surface area (Å²) in [6.07, 6.45) is 5.82. The minimum atomic E-state index is -0.0700. The molecule has 1 aromatic carbocycles. The number of rotatable bonds is 2. The van der Waals surface area contributed by atoms with Gasteiger partial charge in [-0.2, -0.15) is 0 Å². The summed E-state index contributed by atoms with van der Waals surface area (Å²) in [6, 6.07) is 5.54. The first kappa shape index (κ1) is 12.9. The van der Waals surface area contributed by atoms with Crippen LogP contribution in [0.1, 0.15) is 48.0 Å². The number of carbonyl (C=O) groups is 1. The maximum atomic E-state index is 12.3. The minimum absolute atomic E-state index is 0.0700. The van der Waals surface area contributed by atoms with Crippen molar-refractivity contribution in [2.24, 2.45) is 0 Å². The zero-order chi connectivity index (χ0) is 13.1. The van der Waals surface area contributed by atoms with Crippen molar-refractivity contribution in [2.45, 2.75) is 45.1 Å². The van der Waals surface area contributed by atoms with Gasteiger partial charge in [-0.15, -0.1) is 0 Å². The molecule has 1 amide bonds. The van der Waals surface area contributed by atoms with Gasteiger partial charge in [-0.25, -0.2) is 0 Å². The Morgan fingerprint density at radius 2 is 1.94 bits per heavy atom. The summed E-state index contributed by atoms with van der Waals surface area (Å²) in [7, 11) is 1.84. The van der Waals surface area contributed by atoms with Crippen LogP contribution in [0.15, 0.2) is 18.2 Å². The lowest BCUT2D eigenvalue weighted by atomic mass is 9.94. The second kappa shape index (κ2) is 5.42. The second-order valence-corrected chi connectivity index (χ2v) is 5.23. The van der Waals surface area contributed by atoms with E-state index in [4.69, 9.17) is 0 Å². The van der Waals surface area contributed by atoms with Crippen molar-refractivity contribution in [3.05, 3.63) is 29.3 Å². The molecular formula is C15H21NO2. The van der Waals surface area contributed by atoms with Crippen LogP contribution in [0.5, 0.6) is 5.75 Å². The van der Waals surface area contributed by atoms with E-state index in [1.807, 2.05) is 20.0 Å². The summed E-state index contributed by atoms with van der Waals surface area (Å²) in [5.74, 6) is 0.0158. The van der Waals surface area contributed by atoms with E-state index in [1.54, 1.807) is 17.0 Å². The number of carbonyl (C=O) groups excluding carboxylic acids is 1. The van der Waals surface area contributed by atoms with E-state index >= 15 is 0 Å². The number of nitrogens with zero attached hydrogens (tertiary/aromatic N) is 1. The van der Waals surface area contributed by atoms with E-state index in [9.17, 15) is 9.90 Å². The third kappa shape index (κ3) is 2.66. The van der Waals surface area contributed by atoms with Gasteiger partial charge >= 0.3 is 0 Å². The summed E-state index contributed by atoms with van der Waals surface area (Å²) in [4.78, 5) is 14.1. The molecule has 3 heteroatoms. The van der Waals surface area contributed by atoms with Crippen LogP contribution in [0.3, 0.4) is 0 Å². The average Bonchev–Trinajstić information content (AvgIpc) is 2.38. The highest BCUT2D eigenvalue weighted by Gasteiger charge is 2.24. The molecule has 0 saturated heterocycles. The first-order valence-electron chi connectivity index (χ1n) is 6.66. The zero-order valence-corrected chi connectivity index (χ0v) is 11.1. The summed E-state index contributed by atoms with van der Waals surface area (Å²) in [5.41, 5.74) is 1.37. The third-order valence-electron chi connectivity index (χ3n) is 3.83. The van der Waals surface area contributed by atoms with E-state index in [0.29, 0.717) is 11.6 Å². The SMILES string of the molecule is Cc1ccc(C(=O)N(C)C2CCCCC2)c(O)c1. The molecule has 0 unspecified atom stereocenters. The molecule has 0 radical (unpaired) electrons. The van der Waals surface area contributed by atoms with Crippen molar-refractivity contribution in [1.29, 1.82) is 0 Å². The van der Waals surface area contributed by atoms with Gasteiger partial charge in [-0.3, -0.25) is 4.79 Å². The number of phenolic OH excluding ortho intramolecular Hbond substituents is 1. The molecule has 1 aromatic rings. The van der Waals surface area contributed by atoms with Gasteiger partial charge in [0.1, 0.15) is 5.75 Å². The normalized spacial score (nSPS) is 16.6. The van der Waals surface area contributed by atoms with Crippen molar-refractivity contribution in [1.82, 2.24) is 4.90 Å². The van der Waals surface area contributed by atoms with Crippen LogP contribution in [0.25, 0.3) is 0 Å². The first-order chi connectivity index (χ1) is 8.59. The molecule has 1 saturated carbocycles. The Morgan fingerprint density at radius 1 is 1.28 bits per heavy atom. The van der Waals surface area contributed by atoms with E-state index in [0.717, 1.165) is 18.4 Å². The molecule has 18 heavy (non-hydrogen) atoms. The van der Waals surface area contributed by atoms with Crippen molar-refractivity contribution in [3.63, 3.8) is 0 Å². The molecule has 0 atom stereocenters. The van der Waals surface area contributed by atoms with E-state index in [-0.39, 0.29) is 11.7 Å². The maximum absolute atomic E-state index is 12.3. The highest BCUT2D eigenvalue weighted by Crippen LogP contribution is 2.25. The van der Waals surface area contributed by atoms with Gasteiger partial charge in [-0.1, -0.05) is 25.3 Å². The Morgan fingerprint density at radius 3 is 2.56 bits per heavy atom. The molecule has 0 bridgehead atoms. The van der Waals surface area contributed by atoms with Crippen LogP contribution >= 0.6 is 0 Å². The average molecular weight is 247 g/mol. The topological polar surface area (TPSA) is 40.5 Å². The Balaban J connectivity index is 2.14. The molecule has 3 nitrogen and oxygen atoms in total. The van der Waals surface area contributed by atoms with E-state index in [1.165, 1.54) is 19.3 Å². The summed E-state index contributed by atoms with van der Waals surface area (Å²) in [6.45, 7) is 1.90. The standard InChI is InChI=1S/C15H21NO2/c1-11-8-9-13(14(17)10-11)15(18)16(2)12-6-4-3-5-7-12/h8-10,12,17H,3-7H2,1-2H3. The van der Waals surface area contributed by atoms with Crippen LogP contribution < -0.4 is 0 Å². The largest absolute Gasteiger partial charge is 0.507 e. The van der Waals surface area contributed by atoms with Crippen molar-refractivity contribution in [3.8, 4) is 5.75 Å². The second-order valence-electron chi connectivity index (χ2n) is 5.23. The van der Waals surface area contributed by atoms with Gasteiger partial charge in [-0.05, 0) is 37.5 Å². The highest BCUT2D eigenvalue weighted by atomic mass is 16.3. The molecule has 1 fully saturated rings. The molecule has 2 rings (SSSR count). The van der Waals surface area contributed by atoms with Crippen LogP contribution in [-0.4, -0.2) is 29.0 Å². The predicted molar refractivity (Wildman–Crippen MR) is 71.8 cm³/mol. The van der Waals surface area contributed by atoms with Gasteiger partial charge in [0.15, 0.2) is 0 Å². The zero-order valence-electron chi connectivity index (χ0n) is 11.1. The van der Waals surface area contributed by atoms with Crippen LogP contribution in [0, 0.1) is 6.92 Å². The lowest BCUT2D eigenvalue weighted by Gasteiger charge is -2.31. The molecule has 0 heterocycles. The lowest BCUT2D eigenvalue weighted by Crippen LogP contribution is -2.38. The van der Waals surface area contributed by atoms with Gasteiger partial charge in [0.2, 0.25) is 0 Å². The Bertz CT molecular complexity index is 436. The Hall–Kier alpha value is -1.51. The molecule has 0 spiro atoms. The number of phenols is 1. The summed E-state index contributed by atoms with van der Waals surface area (Å²) >= 11 is 0. The van der Waals surface area contributed by atoms with Crippen LogP contribution in [-0.2, 0) is 0 Å². The van der Waals surface area contributed by atoms with E-state index in [2.05, 4.69) is 0 Å². The number of benzene rings is 1. The quantitative estimate of drug-likeness (QED) is 0.872. The Labute approximate surface area is 108 Å². The first-order valence-corrected chi connectivity index (χ1v) is 6.66. The molecule has 1 N–H and O–H groups in total. The van der Waals surface area contributed by atoms with E-state index < -0.39 is 0 Å². The summed E-state index contributed by atoms with van der Waals surface area (Å²) < 4.78 is 0. The van der Waals surface area contributed by atoms with Crippen molar-refractivity contribution >= 4 is 5.91 Å². The van der Waals surface area contributed by atoms with Crippen molar-refractivity contribution < 1.29 is 9.90 Å². The number of hydrogen-bond donors (Lipinski definition) is 1. The smallest absolute Gasteiger partial charge is 0.257 e. The fraction of sp³-hybridized carbons (Fsp3) is 0.533. The van der Waals surface area contributed by atoms with Gasteiger partial charge in [0, 0.05) is 13.1 Å². The fourth-order valence-corrected chi connectivity index (χ4v) is 2.65. The molecule has 0 aromatic heterocycles. The number of aromatic hydroxyl groups is 1. The van der Waals surface area contributed by atoms with Crippen LogP contribution in [0.2, 0.25) is 0 Å². The molecule has 1 aliphatic rings. The maximum Gasteiger partial charge on any atom is 0.257 e. The molecule has 98 valence electrons. The van der Waals surface area contributed by atoms with Gasteiger partial charge in [0.25, 0.3) is 5.91 Å². The highest BCUT2D eigenvalue weighted by molar-refractivity contribution is 5.96. The predicted octanol–water partition coefficient (Wildman–Crippen LogP) is 3.11.